The smallest absolute Gasteiger partial charge is 0.241 e. The maximum Gasteiger partial charge on any atom is 0.241 e. The number of nitrogens with one attached hydrogen (secondary N) is 1. The standard InChI is InChI=1S/C24H21NO5S2/c26-32(27,17-10-11-20-21(15-17)29-13-5-12-28-20)25-24(18-7-2-4-9-23(18)31)22-14-16-6-1-3-8-19(16)30-22/h1-4,6-8,10-11,14-15,24-25H,5,9,12-13H2/t24-/m1/s1. The maximum atomic E-state index is 13.4. The van der Waals surface area contributed by atoms with E-state index < -0.39 is 16.1 Å². The van der Waals surface area contributed by atoms with Gasteiger partial charge < -0.3 is 13.9 Å². The van der Waals surface area contributed by atoms with Gasteiger partial charge in [0.25, 0.3) is 0 Å². The molecule has 1 aliphatic carbocycles. The van der Waals surface area contributed by atoms with Gasteiger partial charge in [-0.15, -0.1) is 0 Å². The van der Waals surface area contributed by atoms with E-state index in [0.29, 0.717) is 52.9 Å². The van der Waals surface area contributed by atoms with Crippen LogP contribution < -0.4 is 14.2 Å². The van der Waals surface area contributed by atoms with Gasteiger partial charge in [0.1, 0.15) is 17.4 Å². The predicted molar refractivity (Wildman–Crippen MR) is 126 cm³/mol. The van der Waals surface area contributed by atoms with E-state index in [1.54, 1.807) is 6.07 Å². The minimum Gasteiger partial charge on any atom is -0.490 e. The molecule has 2 aliphatic rings. The molecule has 0 saturated carbocycles. The molecule has 6 nitrogen and oxygen atoms in total. The normalized spacial score (nSPS) is 17.1. The van der Waals surface area contributed by atoms with Gasteiger partial charge in [0.05, 0.1) is 18.1 Å². The third-order valence-corrected chi connectivity index (χ3v) is 7.20. The Hall–Kier alpha value is -2.94. The summed E-state index contributed by atoms with van der Waals surface area (Å²) in [5.41, 5.74) is 1.37. The molecule has 1 aromatic heterocycles. The van der Waals surface area contributed by atoms with Crippen molar-refractivity contribution in [1.29, 1.82) is 0 Å². The molecular formula is C24H21NO5S2. The first-order valence-electron chi connectivity index (χ1n) is 10.3. The highest BCUT2D eigenvalue weighted by atomic mass is 32.2. The first-order chi connectivity index (χ1) is 15.5. The van der Waals surface area contributed by atoms with Gasteiger partial charge in [-0.05, 0) is 29.8 Å². The lowest BCUT2D eigenvalue weighted by molar-refractivity contribution is 0.297. The van der Waals surface area contributed by atoms with Gasteiger partial charge >= 0.3 is 0 Å². The van der Waals surface area contributed by atoms with Crippen molar-refractivity contribution in [2.24, 2.45) is 0 Å². The molecule has 0 spiro atoms. The van der Waals surface area contributed by atoms with Crippen LogP contribution in [-0.2, 0) is 10.0 Å². The molecule has 2 heterocycles. The van der Waals surface area contributed by atoms with Crippen LogP contribution in [0.3, 0.4) is 0 Å². The van der Waals surface area contributed by atoms with Crippen molar-refractivity contribution in [2.45, 2.75) is 23.8 Å². The molecule has 1 N–H and O–H groups in total. The SMILES string of the molecule is O=S(=O)(N[C@H](C1=CC=CCC1=S)c1cc2ccccc2o1)c1ccc2c(c1)OCCCO2. The number of furan rings is 1. The Morgan fingerprint density at radius 1 is 1.00 bits per heavy atom. The molecule has 0 amide bonds. The summed E-state index contributed by atoms with van der Waals surface area (Å²) in [6, 6.07) is 13.3. The van der Waals surface area contributed by atoms with Crippen molar-refractivity contribution in [3.05, 3.63) is 78.1 Å². The number of thiocarbonyl (C=S) groups is 1. The Bertz CT molecular complexity index is 1320. The van der Waals surface area contributed by atoms with E-state index in [0.717, 1.165) is 11.8 Å². The number of benzene rings is 2. The molecule has 5 rings (SSSR count). The molecule has 3 aromatic rings. The van der Waals surface area contributed by atoms with E-state index >= 15 is 0 Å². The third-order valence-electron chi connectivity index (χ3n) is 5.38. The molecule has 2 aromatic carbocycles. The third kappa shape index (κ3) is 4.09. The summed E-state index contributed by atoms with van der Waals surface area (Å²) < 4.78 is 46.9. The largest absolute Gasteiger partial charge is 0.490 e. The zero-order chi connectivity index (χ0) is 22.1. The van der Waals surface area contributed by atoms with Crippen LogP contribution in [0.2, 0.25) is 0 Å². The Balaban J connectivity index is 1.55. The van der Waals surface area contributed by atoms with E-state index in [9.17, 15) is 8.42 Å². The Morgan fingerprint density at radius 2 is 1.81 bits per heavy atom. The fraction of sp³-hybridized carbons (Fsp3) is 0.208. The number of allylic oxidation sites excluding steroid dienone is 3. The van der Waals surface area contributed by atoms with E-state index in [2.05, 4.69) is 4.72 Å². The van der Waals surface area contributed by atoms with E-state index in [1.807, 2.05) is 48.6 Å². The molecule has 0 fully saturated rings. The number of para-hydroxylation sites is 1. The molecular weight excluding hydrogens is 446 g/mol. The fourth-order valence-electron chi connectivity index (χ4n) is 3.77. The van der Waals surface area contributed by atoms with E-state index in [1.165, 1.54) is 12.1 Å². The van der Waals surface area contributed by atoms with Crippen molar-refractivity contribution < 1.29 is 22.3 Å². The minimum atomic E-state index is -3.93. The molecule has 1 aliphatic heterocycles. The molecule has 164 valence electrons. The van der Waals surface area contributed by atoms with Crippen LogP contribution in [0.15, 0.2) is 81.6 Å². The summed E-state index contributed by atoms with van der Waals surface area (Å²) in [4.78, 5) is 0.750. The van der Waals surface area contributed by atoms with Crippen LogP contribution in [0.5, 0.6) is 11.5 Å². The van der Waals surface area contributed by atoms with Crippen LogP contribution >= 0.6 is 12.2 Å². The lowest BCUT2D eigenvalue weighted by Gasteiger charge is -2.22. The Morgan fingerprint density at radius 3 is 2.62 bits per heavy atom. The quantitative estimate of drug-likeness (QED) is 0.540. The second-order valence-corrected chi connectivity index (χ2v) is 9.78. The number of hydrogen-bond donors (Lipinski definition) is 1. The second-order valence-electron chi connectivity index (χ2n) is 7.58. The van der Waals surface area contributed by atoms with Gasteiger partial charge in [-0.1, -0.05) is 48.6 Å². The predicted octanol–water partition coefficient (Wildman–Crippen LogP) is 4.87. The number of rotatable bonds is 5. The first-order valence-corrected chi connectivity index (χ1v) is 12.2. The molecule has 32 heavy (non-hydrogen) atoms. The molecule has 0 saturated heterocycles. The van der Waals surface area contributed by atoms with Gasteiger partial charge in [-0.2, -0.15) is 4.72 Å². The summed E-state index contributed by atoms with van der Waals surface area (Å²) >= 11 is 5.55. The molecule has 8 heteroatoms. The summed E-state index contributed by atoms with van der Waals surface area (Å²) in [6.45, 7) is 1.00. The molecule has 0 unspecified atom stereocenters. The van der Waals surface area contributed by atoms with Crippen LogP contribution in [0.1, 0.15) is 24.6 Å². The number of fused-ring (bicyclic) bond motifs is 2. The van der Waals surface area contributed by atoms with Gasteiger partial charge in [-0.3, -0.25) is 0 Å². The van der Waals surface area contributed by atoms with Crippen molar-refractivity contribution >= 4 is 38.1 Å². The maximum absolute atomic E-state index is 13.4. The van der Waals surface area contributed by atoms with Gasteiger partial charge in [0.2, 0.25) is 10.0 Å². The monoisotopic (exact) mass is 467 g/mol. The highest BCUT2D eigenvalue weighted by Crippen LogP contribution is 2.35. The summed E-state index contributed by atoms with van der Waals surface area (Å²) in [7, 11) is -3.93. The fourth-order valence-corrected chi connectivity index (χ4v) is 5.25. The van der Waals surface area contributed by atoms with Crippen LogP contribution in [0, 0.1) is 0 Å². The molecule has 0 bridgehead atoms. The van der Waals surface area contributed by atoms with Crippen molar-refractivity contribution in [2.75, 3.05) is 13.2 Å². The van der Waals surface area contributed by atoms with E-state index in [4.69, 9.17) is 26.1 Å². The highest BCUT2D eigenvalue weighted by molar-refractivity contribution is 7.89. The summed E-state index contributed by atoms with van der Waals surface area (Å²) in [5, 5.41) is 0.889. The van der Waals surface area contributed by atoms with Crippen LogP contribution in [0.25, 0.3) is 11.0 Å². The highest BCUT2D eigenvalue weighted by Gasteiger charge is 2.30. The van der Waals surface area contributed by atoms with Crippen molar-refractivity contribution in [3.63, 3.8) is 0 Å². The minimum absolute atomic E-state index is 0.0840. The van der Waals surface area contributed by atoms with Crippen LogP contribution in [-0.4, -0.2) is 26.5 Å². The lowest BCUT2D eigenvalue weighted by atomic mass is 9.96. The van der Waals surface area contributed by atoms with E-state index in [-0.39, 0.29) is 4.90 Å². The average Bonchev–Trinajstić information content (AvgIpc) is 3.08. The molecule has 0 radical (unpaired) electrons. The average molecular weight is 468 g/mol. The zero-order valence-electron chi connectivity index (χ0n) is 17.1. The van der Waals surface area contributed by atoms with Gasteiger partial charge in [0, 0.05) is 29.2 Å². The topological polar surface area (TPSA) is 77.8 Å². The lowest BCUT2D eigenvalue weighted by Crippen LogP contribution is -2.32. The Labute approximate surface area is 191 Å². The van der Waals surface area contributed by atoms with Gasteiger partial charge in [0.15, 0.2) is 11.5 Å². The number of ether oxygens (including phenoxy) is 2. The summed E-state index contributed by atoms with van der Waals surface area (Å²) in [6.07, 6.45) is 6.97. The van der Waals surface area contributed by atoms with Crippen LogP contribution in [0.4, 0.5) is 0 Å². The molecule has 1 atom stereocenters. The first kappa shape index (κ1) is 20.9. The zero-order valence-corrected chi connectivity index (χ0v) is 18.7. The second kappa shape index (κ2) is 8.54. The Kier molecular flexibility index (Phi) is 5.58. The number of hydrogen-bond acceptors (Lipinski definition) is 6. The van der Waals surface area contributed by atoms with Crippen molar-refractivity contribution in [1.82, 2.24) is 4.72 Å². The van der Waals surface area contributed by atoms with Crippen molar-refractivity contribution in [3.8, 4) is 11.5 Å². The number of sulfonamides is 1. The van der Waals surface area contributed by atoms with Gasteiger partial charge in [-0.25, -0.2) is 8.42 Å². The summed E-state index contributed by atoms with van der Waals surface area (Å²) in [5.74, 6) is 1.44.